The second-order valence-electron chi connectivity index (χ2n) is 3.67. The highest BCUT2D eigenvalue weighted by atomic mass is 35.5. The van der Waals surface area contributed by atoms with Crippen LogP contribution in [-0.4, -0.2) is 33.6 Å². The molecule has 0 spiro atoms. The fraction of sp³-hybridized carbons (Fsp3) is 0.500. The van der Waals surface area contributed by atoms with Gasteiger partial charge in [-0.2, -0.15) is 0 Å². The van der Waals surface area contributed by atoms with Gasteiger partial charge >= 0.3 is 0 Å². The Morgan fingerprint density at radius 1 is 1.33 bits per heavy atom. The van der Waals surface area contributed by atoms with Gasteiger partial charge in [0.25, 0.3) is 0 Å². The third-order valence-electron chi connectivity index (χ3n) is 2.50. The highest BCUT2D eigenvalue weighted by Crippen LogP contribution is 2.31. The minimum absolute atomic E-state index is 0.0106. The van der Waals surface area contributed by atoms with Crippen LogP contribution in [0.25, 0.3) is 0 Å². The average Bonchev–Trinajstić information content (AvgIpc) is 2.38. The molecule has 0 aliphatic rings. The molecular formula is C12H17ClO4S. The van der Waals surface area contributed by atoms with Crippen molar-refractivity contribution in [3.8, 4) is 11.5 Å². The van der Waals surface area contributed by atoms with Crippen molar-refractivity contribution >= 4 is 21.4 Å². The number of hydrogen-bond donors (Lipinski definition) is 0. The van der Waals surface area contributed by atoms with Crippen LogP contribution in [-0.2, 0) is 15.7 Å². The Kier molecular flexibility index (Phi) is 5.75. The molecule has 6 heteroatoms. The summed E-state index contributed by atoms with van der Waals surface area (Å²) in [6.45, 7) is 1.71. The highest BCUT2D eigenvalue weighted by Gasteiger charge is 2.12. The third kappa shape index (κ3) is 4.07. The van der Waals surface area contributed by atoms with Gasteiger partial charge in [0.1, 0.15) is 6.61 Å². The maximum atomic E-state index is 11.4. The lowest BCUT2D eigenvalue weighted by Crippen LogP contribution is -2.16. The van der Waals surface area contributed by atoms with E-state index in [0.717, 1.165) is 5.56 Å². The standard InChI is InChI=1S/C12H17ClO4S/c1-3-18(14,15)8-7-17-12-10(9-13)5-4-6-11(12)16-2/h4-6H,3,7-9H2,1-2H3. The number of rotatable bonds is 7. The number of halogens is 1. The topological polar surface area (TPSA) is 52.6 Å². The first kappa shape index (κ1) is 15.1. The molecule has 0 heterocycles. The normalized spacial score (nSPS) is 11.3. The molecule has 1 aromatic rings. The summed E-state index contributed by atoms with van der Waals surface area (Å²) in [7, 11) is -1.50. The lowest BCUT2D eigenvalue weighted by atomic mass is 10.2. The van der Waals surface area contributed by atoms with Crippen LogP contribution in [0.15, 0.2) is 18.2 Å². The highest BCUT2D eigenvalue weighted by molar-refractivity contribution is 7.91. The summed E-state index contributed by atoms with van der Waals surface area (Å²) < 4.78 is 33.4. The van der Waals surface area contributed by atoms with Crippen LogP contribution in [0.3, 0.4) is 0 Å². The number of alkyl halides is 1. The Morgan fingerprint density at radius 2 is 2.06 bits per heavy atom. The first-order valence-electron chi connectivity index (χ1n) is 5.59. The molecule has 0 atom stereocenters. The van der Waals surface area contributed by atoms with Crippen LogP contribution in [0.4, 0.5) is 0 Å². The molecule has 18 heavy (non-hydrogen) atoms. The average molecular weight is 293 g/mol. The molecule has 0 aliphatic heterocycles. The second kappa shape index (κ2) is 6.85. The van der Waals surface area contributed by atoms with E-state index in [2.05, 4.69) is 0 Å². The number of benzene rings is 1. The van der Waals surface area contributed by atoms with Crippen LogP contribution >= 0.6 is 11.6 Å². The van der Waals surface area contributed by atoms with Crippen molar-refractivity contribution in [1.82, 2.24) is 0 Å². The van der Waals surface area contributed by atoms with Crippen molar-refractivity contribution in [2.75, 3.05) is 25.2 Å². The summed E-state index contributed by atoms with van der Waals surface area (Å²) in [5.41, 5.74) is 0.782. The molecule has 0 fully saturated rings. The van der Waals surface area contributed by atoms with Gasteiger partial charge in [-0.1, -0.05) is 19.1 Å². The molecule has 0 N–H and O–H groups in total. The molecular weight excluding hydrogens is 276 g/mol. The summed E-state index contributed by atoms with van der Waals surface area (Å²) in [6, 6.07) is 5.38. The zero-order valence-corrected chi connectivity index (χ0v) is 12.1. The maximum absolute atomic E-state index is 11.4. The van der Waals surface area contributed by atoms with E-state index < -0.39 is 9.84 Å². The predicted molar refractivity (Wildman–Crippen MR) is 72.4 cm³/mol. The lowest BCUT2D eigenvalue weighted by molar-refractivity contribution is 0.309. The summed E-state index contributed by atoms with van der Waals surface area (Å²) in [4.78, 5) is 0. The van der Waals surface area contributed by atoms with E-state index in [1.807, 2.05) is 12.1 Å². The van der Waals surface area contributed by atoms with Gasteiger partial charge in [-0.05, 0) is 6.07 Å². The number of ether oxygens (including phenoxy) is 2. The Hall–Kier alpha value is -0.940. The molecule has 1 aromatic carbocycles. The van der Waals surface area contributed by atoms with Crippen LogP contribution in [0.2, 0.25) is 0 Å². The van der Waals surface area contributed by atoms with Crippen LogP contribution in [0.1, 0.15) is 12.5 Å². The number of sulfone groups is 1. The molecule has 0 unspecified atom stereocenters. The summed E-state index contributed by atoms with van der Waals surface area (Å²) in [6.07, 6.45) is 0. The minimum atomic E-state index is -3.03. The maximum Gasteiger partial charge on any atom is 0.165 e. The van der Waals surface area contributed by atoms with Crippen LogP contribution in [0.5, 0.6) is 11.5 Å². The molecule has 102 valence electrons. The summed E-state index contributed by atoms with van der Waals surface area (Å²) >= 11 is 5.80. The van der Waals surface area contributed by atoms with Gasteiger partial charge in [0.2, 0.25) is 0 Å². The van der Waals surface area contributed by atoms with E-state index in [4.69, 9.17) is 21.1 Å². The summed E-state index contributed by atoms with van der Waals surface area (Å²) in [5.74, 6) is 1.46. The molecule has 1 rings (SSSR count). The van der Waals surface area contributed by atoms with E-state index in [1.165, 1.54) is 7.11 Å². The van der Waals surface area contributed by atoms with Gasteiger partial charge in [0.15, 0.2) is 21.3 Å². The van der Waals surface area contributed by atoms with Crippen molar-refractivity contribution in [2.45, 2.75) is 12.8 Å². The first-order chi connectivity index (χ1) is 8.54. The molecule has 0 amide bonds. The van der Waals surface area contributed by atoms with Gasteiger partial charge in [-0.3, -0.25) is 0 Å². The third-order valence-corrected chi connectivity index (χ3v) is 4.46. The van der Waals surface area contributed by atoms with Crippen molar-refractivity contribution in [2.24, 2.45) is 0 Å². The van der Waals surface area contributed by atoms with E-state index in [1.54, 1.807) is 13.0 Å². The summed E-state index contributed by atoms with van der Waals surface area (Å²) in [5, 5.41) is 0. The van der Waals surface area contributed by atoms with E-state index >= 15 is 0 Å². The fourth-order valence-electron chi connectivity index (χ4n) is 1.41. The van der Waals surface area contributed by atoms with Gasteiger partial charge < -0.3 is 9.47 Å². The number of para-hydroxylation sites is 1. The van der Waals surface area contributed by atoms with E-state index in [9.17, 15) is 8.42 Å². The van der Waals surface area contributed by atoms with E-state index in [0.29, 0.717) is 11.5 Å². The number of methoxy groups -OCH3 is 1. The van der Waals surface area contributed by atoms with Gasteiger partial charge in [0.05, 0.1) is 18.7 Å². The van der Waals surface area contributed by atoms with Gasteiger partial charge in [-0.15, -0.1) is 11.6 Å². The Balaban J connectivity index is 2.77. The molecule has 0 bridgehead atoms. The quantitative estimate of drug-likeness (QED) is 0.723. The second-order valence-corrected chi connectivity index (χ2v) is 6.41. The van der Waals surface area contributed by atoms with Crippen molar-refractivity contribution in [1.29, 1.82) is 0 Å². The fourth-order valence-corrected chi connectivity index (χ4v) is 2.24. The number of hydrogen-bond acceptors (Lipinski definition) is 4. The Morgan fingerprint density at radius 3 is 2.61 bits per heavy atom. The molecule has 0 saturated heterocycles. The molecule has 0 aromatic heterocycles. The van der Waals surface area contributed by atoms with Crippen LogP contribution < -0.4 is 9.47 Å². The zero-order valence-electron chi connectivity index (χ0n) is 10.5. The van der Waals surface area contributed by atoms with E-state index in [-0.39, 0.29) is 24.0 Å². The van der Waals surface area contributed by atoms with Crippen LogP contribution in [0, 0.1) is 0 Å². The first-order valence-corrected chi connectivity index (χ1v) is 7.94. The largest absolute Gasteiger partial charge is 0.493 e. The minimum Gasteiger partial charge on any atom is -0.493 e. The SMILES string of the molecule is CCS(=O)(=O)CCOc1c(CCl)cccc1OC. The Bertz CT molecular complexity index is 463. The monoisotopic (exact) mass is 292 g/mol. The Labute approximate surface area is 113 Å². The molecule has 4 nitrogen and oxygen atoms in total. The van der Waals surface area contributed by atoms with Crippen molar-refractivity contribution in [3.05, 3.63) is 23.8 Å². The molecule has 0 saturated carbocycles. The van der Waals surface area contributed by atoms with Gasteiger partial charge in [0, 0.05) is 11.3 Å². The molecule has 0 radical (unpaired) electrons. The molecule has 0 aliphatic carbocycles. The lowest BCUT2D eigenvalue weighted by Gasteiger charge is -2.13. The smallest absolute Gasteiger partial charge is 0.165 e. The van der Waals surface area contributed by atoms with Crippen molar-refractivity contribution in [3.63, 3.8) is 0 Å². The van der Waals surface area contributed by atoms with Crippen molar-refractivity contribution < 1.29 is 17.9 Å². The van der Waals surface area contributed by atoms with Gasteiger partial charge in [-0.25, -0.2) is 8.42 Å². The zero-order chi connectivity index (χ0) is 13.6. The predicted octanol–water partition coefficient (Wildman–Crippen LogP) is 2.25.